The zero-order chi connectivity index (χ0) is 20.4. The Bertz CT molecular complexity index is 1030. The van der Waals surface area contributed by atoms with E-state index in [1.54, 1.807) is 25.3 Å². The monoisotopic (exact) mass is 394 g/mol. The van der Waals surface area contributed by atoms with E-state index in [1.165, 1.54) is 12.1 Å². The summed E-state index contributed by atoms with van der Waals surface area (Å²) in [5, 5.41) is 3.55. The average molecular weight is 394 g/mol. The number of halogens is 1. The summed E-state index contributed by atoms with van der Waals surface area (Å²) in [6.07, 6.45) is 1.97. The number of rotatable bonds is 4. The number of pyridine rings is 2. The zero-order valence-electron chi connectivity index (χ0n) is 16.5. The first kappa shape index (κ1) is 19.3. The van der Waals surface area contributed by atoms with Gasteiger partial charge in [0, 0.05) is 43.0 Å². The van der Waals surface area contributed by atoms with Gasteiger partial charge in [0.1, 0.15) is 11.6 Å². The second-order valence-corrected chi connectivity index (χ2v) is 7.31. The summed E-state index contributed by atoms with van der Waals surface area (Å²) in [5.74, 6) is 0.314. The fourth-order valence-electron chi connectivity index (χ4n) is 3.53. The molecule has 1 aromatic carbocycles. The second kappa shape index (κ2) is 8.13. The van der Waals surface area contributed by atoms with E-state index in [-0.39, 0.29) is 17.8 Å². The summed E-state index contributed by atoms with van der Waals surface area (Å²) >= 11 is 0. The quantitative estimate of drug-likeness (QED) is 0.736. The minimum atomic E-state index is -0.372. The third-order valence-corrected chi connectivity index (χ3v) is 4.97. The number of ether oxygens (including phenoxy) is 1. The van der Waals surface area contributed by atoms with Gasteiger partial charge < -0.3 is 15.0 Å². The molecule has 1 aliphatic heterocycles. The molecule has 1 saturated heterocycles. The maximum atomic E-state index is 13.5. The lowest BCUT2D eigenvalue weighted by Gasteiger charge is -2.32. The van der Waals surface area contributed by atoms with Crippen LogP contribution in [-0.2, 0) is 11.3 Å². The molecule has 1 unspecified atom stereocenters. The van der Waals surface area contributed by atoms with E-state index in [0.717, 1.165) is 24.5 Å². The lowest BCUT2D eigenvalue weighted by molar-refractivity contribution is 0.0529. The number of fused-ring (bicyclic) bond motifs is 1. The highest BCUT2D eigenvalue weighted by atomic mass is 19.1. The van der Waals surface area contributed by atoms with E-state index in [2.05, 4.69) is 27.1 Å². The molecule has 0 bridgehead atoms. The molecular weight excluding hydrogens is 371 g/mol. The van der Waals surface area contributed by atoms with E-state index in [9.17, 15) is 9.18 Å². The topological polar surface area (TPSA) is 67.4 Å². The van der Waals surface area contributed by atoms with E-state index in [4.69, 9.17) is 4.74 Å². The van der Waals surface area contributed by atoms with Crippen molar-refractivity contribution in [2.75, 3.05) is 24.6 Å². The Morgan fingerprint density at radius 1 is 1.31 bits per heavy atom. The Kier molecular flexibility index (Phi) is 5.40. The molecule has 1 amide bonds. The van der Waals surface area contributed by atoms with Crippen molar-refractivity contribution in [3.63, 3.8) is 0 Å². The number of hydrogen-bond donors (Lipinski definition) is 1. The fraction of sp³-hybridized carbons (Fsp3) is 0.318. The number of amides is 1. The largest absolute Gasteiger partial charge is 0.375 e. The highest BCUT2D eigenvalue weighted by molar-refractivity contribution is 6.06. The smallest absolute Gasteiger partial charge is 0.252 e. The number of aryl methyl sites for hydroxylation is 1. The van der Waals surface area contributed by atoms with Crippen LogP contribution in [0.3, 0.4) is 0 Å². The summed E-state index contributed by atoms with van der Waals surface area (Å²) in [6.45, 7) is 6.53. The number of nitrogens with zero attached hydrogens (tertiary/aromatic N) is 3. The summed E-state index contributed by atoms with van der Waals surface area (Å²) in [4.78, 5) is 23.8. The van der Waals surface area contributed by atoms with Gasteiger partial charge in [0.25, 0.3) is 5.91 Å². The molecule has 2 aromatic heterocycles. The lowest BCUT2D eigenvalue weighted by atomic mass is 10.1. The maximum Gasteiger partial charge on any atom is 0.252 e. The number of carbonyl (C=O) groups excluding carboxylic acids is 1. The Labute approximate surface area is 168 Å². The first-order valence-electron chi connectivity index (χ1n) is 9.66. The summed E-state index contributed by atoms with van der Waals surface area (Å²) in [5.41, 5.74) is 2.53. The third kappa shape index (κ3) is 4.35. The standard InChI is InChI=1S/C22H23FN4O2/c1-14-9-19(18-5-4-17(23)10-20(18)26-14)22(28)25-12-16-3-6-21(24-11-16)27-7-8-29-15(2)13-27/h3-6,9-11,15H,7-8,12-13H2,1-2H3,(H,25,28). The van der Waals surface area contributed by atoms with Crippen LogP contribution in [0.1, 0.15) is 28.5 Å². The predicted molar refractivity (Wildman–Crippen MR) is 109 cm³/mol. The van der Waals surface area contributed by atoms with Gasteiger partial charge in [-0.15, -0.1) is 0 Å². The van der Waals surface area contributed by atoms with Crippen molar-refractivity contribution in [3.8, 4) is 0 Å². The molecule has 1 N–H and O–H groups in total. The average Bonchev–Trinajstić information content (AvgIpc) is 2.71. The van der Waals surface area contributed by atoms with Crippen molar-refractivity contribution in [1.29, 1.82) is 0 Å². The van der Waals surface area contributed by atoms with Crippen LogP contribution in [0.5, 0.6) is 0 Å². The van der Waals surface area contributed by atoms with Crippen LogP contribution >= 0.6 is 0 Å². The number of hydrogen-bond acceptors (Lipinski definition) is 5. The van der Waals surface area contributed by atoms with Crippen LogP contribution < -0.4 is 10.2 Å². The van der Waals surface area contributed by atoms with Gasteiger partial charge in [-0.25, -0.2) is 9.37 Å². The number of nitrogens with one attached hydrogen (secondary N) is 1. The van der Waals surface area contributed by atoms with E-state index in [1.807, 2.05) is 12.1 Å². The molecule has 4 rings (SSSR count). The molecule has 1 atom stereocenters. The van der Waals surface area contributed by atoms with E-state index in [0.29, 0.717) is 35.3 Å². The van der Waals surface area contributed by atoms with Crippen LogP contribution in [0, 0.1) is 12.7 Å². The number of aromatic nitrogens is 2. The van der Waals surface area contributed by atoms with Crippen molar-refractivity contribution in [2.24, 2.45) is 0 Å². The summed E-state index contributed by atoms with van der Waals surface area (Å²) in [6, 6.07) is 9.92. The summed E-state index contributed by atoms with van der Waals surface area (Å²) in [7, 11) is 0. The molecule has 1 fully saturated rings. The van der Waals surface area contributed by atoms with Gasteiger partial charge in [-0.3, -0.25) is 9.78 Å². The molecule has 29 heavy (non-hydrogen) atoms. The first-order valence-corrected chi connectivity index (χ1v) is 9.66. The highest BCUT2D eigenvalue weighted by Crippen LogP contribution is 2.20. The Hall–Kier alpha value is -3.06. The Balaban J connectivity index is 1.45. The molecule has 0 spiro atoms. The SMILES string of the molecule is Cc1cc(C(=O)NCc2ccc(N3CCOC(C)C3)nc2)c2ccc(F)cc2n1. The minimum Gasteiger partial charge on any atom is -0.375 e. The molecule has 7 heteroatoms. The third-order valence-electron chi connectivity index (χ3n) is 4.97. The van der Waals surface area contributed by atoms with Gasteiger partial charge in [-0.05, 0) is 43.7 Å². The first-order chi connectivity index (χ1) is 14.0. The van der Waals surface area contributed by atoms with Gasteiger partial charge in [0.05, 0.1) is 23.8 Å². The van der Waals surface area contributed by atoms with Crippen LogP contribution in [0.2, 0.25) is 0 Å². The van der Waals surface area contributed by atoms with Crippen LogP contribution in [0.25, 0.3) is 10.9 Å². The fourth-order valence-corrected chi connectivity index (χ4v) is 3.53. The molecule has 3 aromatic rings. The number of carbonyl (C=O) groups is 1. The molecule has 6 nitrogen and oxygen atoms in total. The highest BCUT2D eigenvalue weighted by Gasteiger charge is 2.18. The Morgan fingerprint density at radius 3 is 2.93 bits per heavy atom. The minimum absolute atomic E-state index is 0.191. The van der Waals surface area contributed by atoms with Crippen LogP contribution in [0.15, 0.2) is 42.6 Å². The van der Waals surface area contributed by atoms with Crippen molar-refractivity contribution in [1.82, 2.24) is 15.3 Å². The van der Waals surface area contributed by atoms with Crippen LogP contribution in [-0.4, -0.2) is 41.7 Å². The van der Waals surface area contributed by atoms with E-state index >= 15 is 0 Å². The van der Waals surface area contributed by atoms with Gasteiger partial charge in [0.15, 0.2) is 0 Å². The summed E-state index contributed by atoms with van der Waals surface area (Å²) < 4.78 is 19.1. The Morgan fingerprint density at radius 2 is 2.17 bits per heavy atom. The van der Waals surface area contributed by atoms with Crippen molar-refractivity contribution in [2.45, 2.75) is 26.5 Å². The molecule has 0 saturated carbocycles. The molecule has 150 valence electrons. The van der Waals surface area contributed by atoms with Gasteiger partial charge in [-0.1, -0.05) is 6.07 Å². The van der Waals surface area contributed by atoms with Gasteiger partial charge in [-0.2, -0.15) is 0 Å². The van der Waals surface area contributed by atoms with Crippen LogP contribution in [0.4, 0.5) is 10.2 Å². The molecule has 3 heterocycles. The molecule has 1 aliphatic rings. The zero-order valence-corrected chi connectivity index (χ0v) is 16.5. The van der Waals surface area contributed by atoms with Crippen molar-refractivity contribution >= 4 is 22.6 Å². The number of morpholine rings is 1. The molecule has 0 radical (unpaired) electrons. The van der Waals surface area contributed by atoms with Crippen molar-refractivity contribution in [3.05, 3.63) is 65.2 Å². The number of benzene rings is 1. The lowest BCUT2D eigenvalue weighted by Crippen LogP contribution is -2.41. The van der Waals surface area contributed by atoms with Gasteiger partial charge in [0.2, 0.25) is 0 Å². The second-order valence-electron chi connectivity index (χ2n) is 7.31. The number of anilines is 1. The normalized spacial score (nSPS) is 16.8. The molecular formula is C22H23FN4O2. The predicted octanol–water partition coefficient (Wildman–Crippen LogP) is 3.23. The molecule has 0 aliphatic carbocycles. The van der Waals surface area contributed by atoms with E-state index < -0.39 is 0 Å². The van der Waals surface area contributed by atoms with Crippen molar-refractivity contribution < 1.29 is 13.9 Å². The van der Waals surface area contributed by atoms with Gasteiger partial charge >= 0.3 is 0 Å². The maximum absolute atomic E-state index is 13.5.